The van der Waals surface area contributed by atoms with E-state index in [1.807, 2.05) is 0 Å². The van der Waals surface area contributed by atoms with Crippen molar-refractivity contribution in [3.05, 3.63) is 24.0 Å². The Morgan fingerprint density at radius 3 is 2.36 bits per heavy atom. The molecule has 4 heteroatoms. The highest BCUT2D eigenvalue weighted by Crippen LogP contribution is 2.56. The Bertz CT molecular complexity index is 573. The van der Waals surface area contributed by atoms with Crippen LogP contribution in [0, 0.1) is 35.4 Å². The summed E-state index contributed by atoms with van der Waals surface area (Å²) < 4.78 is 18.4. The molecule has 0 heterocycles. The molecule has 0 aliphatic heterocycles. The van der Waals surface area contributed by atoms with Crippen molar-refractivity contribution < 1.29 is 13.9 Å². The molecule has 1 N–H and O–H groups in total. The van der Waals surface area contributed by atoms with Crippen LogP contribution in [0.4, 0.5) is 10.1 Å². The minimum atomic E-state index is -0.357. The van der Waals surface area contributed by atoms with Crippen molar-refractivity contribution in [3.8, 4) is 5.75 Å². The minimum Gasteiger partial charge on any atom is -0.494 e. The van der Waals surface area contributed by atoms with Gasteiger partial charge < -0.3 is 10.1 Å². The molecule has 1 aromatic rings. The Morgan fingerprint density at radius 1 is 1.14 bits per heavy atom. The van der Waals surface area contributed by atoms with Gasteiger partial charge in [-0.3, -0.25) is 4.79 Å². The molecule has 1 aromatic carbocycles. The standard InChI is InChI=1S/C18H22FNO2/c1-22-16-9-14(19)2-3-15(16)20-18(21)17-12-5-10-4-11(7-12)8-13(17)6-10/h2-3,9-13,17H,4-8H2,1H3,(H,20,21). The van der Waals surface area contributed by atoms with E-state index >= 15 is 0 Å². The number of carbonyl (C=O) groups is 1. The number of hydrogen-bond acceptors (Lipinski definition) is 2. The second-order valence-corrected chi connectivity index (χ2v) is 7.29. The van der Waals surface area contributed by atoms with Gasteiger partial charge in [-0.05, 0) is 67.9 Å². The van der Waals surface area contributed by atoms with Gasteiger partial charge in [0.25, 0.3) is 0 Å². The van der Waals surface area contributed by atoms with Crippen LogP contribution in [-0.4, -0.2) is 13.0 Å². The lowest BCUT2D eigenvalue weighted by molar-refractivity contribution is -0.132. The van der Waals surface area contributed by atoms with E-state index in [9.17, 15) is 9.18 Å². The van der Waals surface area contributed by atoms with Crippen molar-refractivity contribution in [2.75, 3.05) is 12.4 Å². The molecule has 0 unspecified atom stereocenters. The summed E-state index contributed by atoms with van der Waals surface area (Å²) in [5, 5.41) is 2.99. The topological polar surface area (TPSA) is 38.3 Å². The SMILES string of the molecule is COc1cc(F)ccc1NC(=O)C1C2CC3CC(C2)CC1C3. The molecule has 5 rings (SSSR count). The Morgan fingerprint density at radius 2 is 1.77 bits per heavy atom. The molecule has 4 fully saturated rings. The molecule has 4 bridgehead atoms. The van der Waals surface area contributed by atoms with Crippen molar-refractivity contribution in [1.82, 2.24) is 0 Å². The first-order valence-corrected chi connectivity index (χ1v) is 8.28. The molecular weight excluding hydrogens is 281 g/mol. The monoisotopic (exact) mass is 303 g/mol. The lowest BCUT2D eigenvalue weighted by atomic mass is 9.51. The maximum atomic E-state index is 13.3. The number of halogens is 1. The van der Waals surface area contributed by atoms with Gasteiger partial charge in [0.15, 0.2) is 0 Å². The summed E-state index contributed by atoms with van der Waals surface area (Å²) in [5.41, 5.74) is 0.572. The summed E-state index contributed by atoms with van der Waals surface area (Å²) >= 11 is 0. The van der Waals surface area contributed by atoms with Gasteiger partial charge in [0, 0.05) is 12.0 Å². The van der Waals surface area contributed by atoms with Crippen LogP contribution >= 0.6 is 0 Å². The van der Waals surface area contributed by atoms with E-state index in [-0.39, 0.29) is 17.6 Å². The molecular formula is C18H22FNO2. The van der Waals surface area contributed by atoms with Crippen LogP contribution in [0.2, 0.25) is 0 Å². The maximum absolute atomic E-state index is 13.3. The van der Waals surface area contributed by atoms with Gasteiger partial charge in [-0.1, -0.05) is 0 Å². The summed E-state index contributed by atoms with van der Waals surface area (Å²) in [7, 11) is 1.49. The van der Waals surface area contributed by atoms with Gasteiger partial charge in [-0.2, -0.15) is 0 Å². The Kier molecular flexibility index (Phi) is 3.35. The van der Waals surface area contributed by atoms with Crippen LogP contribution in [0.3, 0.4) is 0 Å². The summed E-state index contributed by atoms with van der Waals surface area (Å²) in [6, 6.07) is 4.25. The van der Waals surface area contributed by atoms with Gasteiger partial charge in [0.2, 0.25) is 5.91 Å². The number of rotatable bonds is 3. The summed E-state index contributed by atoms with van der Waals surface area (Å²) in [6.07, 6.45) is 6.24. The Hall–Kier alpha value is -1.58. The molecule has 22 heavy (non-hydrogen) atoms. The average Bonchev–Trinajstić information content (AvgIpc) is 2.48. The molecule has 0 aromatic heterocycles. The quantitative estimate of drug-likeness (QED) is 0.921. The summed E-state index contributed by atoms with van der Waals surface area (Å²) in [4.78, 5) is 12.8. The smallest absolute Gasteiger partial charge is 0.228 e. The fourth-order valence-electron chi connectivity index (χ4n) is 5.34. The highest BCUT2D eigenvalue weighted by Gasteiger charge is 2.50. The Labute approximate surface area is 130 Å². The summed E-state index contributed by atoms with van der Waals surface area (Å²) in [6.45, 7) is 0. The van der Waals surface area contributed by atoms with Crippen molar-refractivity contribution in [2.45, 2.75) is 32.1 Å². The second kappa shape index (κ2) is 5.25. The van der Waals surface area contributed by atoms with E-state index in [1.165, 1.54) is 51.3 Å². The van der Waals surface area contributed by atoms with E-state index in [2.05, 4.69) is 5.32 Å². The van der Waals surface area contributed by atoms with Crippen LogP contribution < -0.4 is 10.1 Å². The molecule has 0 spiro atoms. The zero-order valence-corrected chi connectivity index (χ0v) is 12.8. The highest BCUT2D eigenvalue weighted by molar-refractivity contribution is 5.94. The fourth-order valence-corrected chi connectivity index (χ4v) is 5.34. The number of nitrogens with one attached hydrogen (secondary N) is 1. The van der Waals surface area contributed by atoms with Crippen molar-refractivity contribution in [2.24, 2.45) is 29.6 Å². The first-order chi connectivity index (χ1) is 10.6. The maximum Gasteiger partial charge on any atom is 0.228 e. The van der Waals surface area contributed by atoms with Crippen molar-refractivity contribution in [3.63, 3.8) is 0 Å². The van der Waals surface area contributed by atoms with Crippen LogP contribution in [-0.2, 0) is 4.79 Å². The largest absolute Gasteiger partial charge is 0.494 e. The number of ether oxygens (including phenoxy) is 1. The van der Waals surface area contributed by atoms with Crippen LogP contribution in [0.5, 0.6) is 5.75 Å². The molecule has 0 radical (unpaired) electrons. The van der Waals surface area contributed by atoms with Crippen LogP contribution in [0.25, 0.3) is 0 Å². The van der Waals surface area contributed by atoms with E-state index in [0.29, 0.717) is 23.3 Å². The average molecular weight is 303 g/mol. The lowest BCUT2D eigenvalue weighted by Crippen LogP contribution is -2.49. The molecule has 4 aliphatic rings. The number of hydrogen-bond donors (Lipinski definition) is 1. The number of amides is 1. The van der Waals surface area contributed by atoms with Gasteiger partial charge in [-0.15, -0.1) is 0 Å². The van der Waals surface area contributed by atoms with E-state index < -0.39 is 0 Å². The van der Waals surface area contributed by atoms with Crippen LogP contribution in [0.15, 0.2) is 18.2 Å². The zero-order chi connectivity index (χ0) is 15.3. The molecule has 4 saturated carbocycles. The van der Waals surface area contributed by atoms with Crippen molar-refractivity contribution in [1.29, 1.82) is 0 Å². The summed E-state index contributed by atoms with van der Waals surface area (Å²) in [5.74, 6) is 3.05. The first-order valence-electron chi connectivity index (χ1n) is 8.28. The first kappa shape index (κ1) is 14.0. The molecule has 0 atom stereocenters. The third kappa shape index (κ3) is 2.29. The predicted molar refractivity (Wildman–Crippen MR) is 82.1 cm³/mol. The number of carbonyl (C=O) groups excluding carboxylic acids is 1. The molecule has 3 nitrogen and oxygen atoms in total. The fraction of sp³-hybridized carbons (Fsp3) is 0.611. The second-order valence-electron chi connectivity index (χ2n) is 7.29. The predicted octanol–water partition coefficient (Wildman–Crippen LogP) is 3.85. The van der Waals surface area contributed by atoms with E-state index in [0.717, 1.165) is 11.8 Å². The molecule has 118 valence electrons. The Balaban J connectivity index is 1.53. The van der Waals surface area contributed by atoms with Gasteiger partial charge in [0.1, 0.15) is 11.6 Å². The van der Waals surface area contributed by atoms with Gasteiger partial charge >= 0.3 is 0 Å². The zero-order valence-electron chi connectivity index (χ0n) is 12.8. The van der Waals surface area contributed by atoms with E-state index in [4.69, 9.17) is 4.74 Å². The minimum absolute atomic E-state index is 0.0960. The molecule has 0 saturated heterocycles. The van der Waals surface area contributed by atoms with Gasteiger partial charge in [-0.25, -0.2) is 4.39 Å². The molecule has 4 aliphatic carbocycles. The normalized spacial score (nSPS) is 35.5. The number of benzene rings is 1. The number of methoxy groups -OCH3 is 1. The molecule has 1 amide bonds. The third-order valence-electron chi connectivity index (χ3n) is 5.95. The lowest BCUT2D eigenvalue weighted by Gasteiger charge is -2.53. The van der Waals surface area contributed by atoms with Crippen LogP contribution in [0.1, 0.15) is 32.1 Å². The van der Waals surface area contributed by atoms with E-state index in [1.54, 1.807) is 6.07 Å². The van der Waals surface area contributed by atoms with Gasteiger partial charge in [0.05, 0.1) is 12.8 Å². The highest BCUT2D eigenvalue weighted by atomic mass is 19.1. The number of anilines is 1. The third-order valence-corrected chi connectivity index (χ3v) is 5.95. The van der Waals surface area contributed by atoms with Crippen molar-refractivity contribution >= 4 is 11.6 Å².